The van der Waals surface area contributed by atoms with Gasteiger partial charge in [0.2, 0.25) is 21.8 Å². The van der Waals surface area contributed by atoms with Crippen LogP contribution in [0.2, 0.25) is 15.1 Å². The number of anilines is 1. The summed E-state index contributed by atoms with van der Waals surface area (Å²) in [4.78, 5) is 28.5. The number of amides is 2. The Morgan fingerprint density at radius 2 is 1.63 bits per heavy atom. The first-order chi connectivity index (χ1) is 17.9. The zero-order chi connectivity index (χ0) is 28.0. The van der Waals surface area contributed by atoms with Gasteiger partial charge in [-0.1, -0.05) is 73.1 Å². The molecule has 1 aliphatic carbocycles. The van der Waals surface area contributed by atoms with Crippen molar-refractivity contribution in [2.24, 2.45) is 0 Å². The fourth-order valence-electron chi connectivity index (χ4n) is 4.55. The van der Waals surface area contributed by atoms with E-state index >= 15 is 0 Å². The van der Waals surface area contributed by atoms with Crippen molar-refractivity contribution in [1.29, 1.82) is 0 Å². The lowest BCUT2D eigenvalue weighted by Crippen LogP contribution is -2.54. The molecule has 38 heavy (non-hydrogen) atoms. The lowest BCUT2D eigenvalue weighted by molar-refractivity contribution is -0.140. The maximum absolute atomic E-state index is 13.8. The third kappa shape index (κ3) is 7.97. The second-order valence-electron chi connectivity index (χ2n) is 9.40. The summed E-state index contributed by atoms with van der Waals surface area (Å²) in [5.74, 6) is -1.38. The third-order valence-corrected chi connectivity index (χ3v) is 8.69. The predicted octanol–water partition coefficient (Wildman–Crippen LogP) is 5.81. The van der Waals surface area contributed by atoms with Crippen LogP contribution >= 0.6 is 34.8 Å². The molecule has 0 aliphatic heterocycles. The maximum Gasteiger partial charge on any atom is 0.244 e. The summed E-state index contributed by atoms with van der Waals surface area (Å²) in [7, 11) is -4.00. The Morgan fingerprint density at radius 1 is 1.03 bits per heavy atom. The van der Waals surface area contributed by atoms with E-state index in [9.17, 15) is 22.4 Å². The first-order valence-electron chi connectivity index (χ1n) is 12.4. The number of rotatable bonds is 10. The molecule has 0 unspecified atom stereocenters. The highest BCUT2D eigenvalue weighted by molar-refractivity contribution is 7.92. The Hall–Kier alpha value is -2.07. The molecule has 12 heteroatoms. The fraction of sp³-hybridized carbons (Fsp3) is 0.462. The Labute approximate surface area is 238 Å². The highest BCUT2D eigenvalue weighted by Crippen LogP contribution is 2.35. The lowest BCUT2D eigenvalue weighted by Gasteiger charge is -2.34. The number of sulfonamides is 1. The molecule has 1 N–H and O–H groups in total. The summed E-state index contributed by atoms with van der Waals surface area (Å²) in [6.07, 6.45) is 6.13. The van der Waals surface area contributed by atoms with E-state index in [0.29, 0.717) is 5.56 Å². The van der Waals surface area contributed by atoms with E-state index in [1.807, 2.05) is 0 Å². The van der Waals surface area contributed by atoms with Crippen LogP contribution in [-0.2, 0) is 26.2 Å². The van der Waals surface area contributed by atoms with Gasteiger partial charge in [-0.3, -0.25) is 13.9 Å². The van der Waals surface area contributed by atoms with Crippen molar-refractivity contribution >= 4 is 62.3 Å². The minimum atomic E-state index is -4.00. The van der Waals surface area contributed by atoms with Gasteiger partial charge in [-0.05, 0) is 49.1 Å². The van der Waals surface area contributed by atoms with E-state index in [2.05, 4.69) is 5.32 Å². The summed E-state index contributed by atoms with van der Waals surface area (Å²) < 4.78 is 39.9. The van der Waals surface area contributed by atoms with Crippen molar-refractivity contribution in [3.63, 3.8) is 0 Å². The minimum Gasteiger partial charge on any atom is -0.352 e. The van der Waals surface area contributed by atoms with Crippen LogP contribution in [0.3, 0.4) is 0 Å². The van der Waals surface area contributed by atoms with Gasteiger partial charge in [0, 0.05) is 12.6 Å². The quantitative estimate of drug-likeness (QED) is 0.346. The molecule has 0 radical (unpaired) electrons. The average molecular weight is 607 g/mol. The average Bonchev–Trinajstić information content (AvgIpc) is 2.86. The summed E-state index contributed by atoms with van der Waals surface area (Å²) in [5.41, 5.74) is 0.570. The highest BCUT2D eigenvalue weighted by atomic mass is 35.5. The molecular weight excluding hydrogens is 576 g/mol. The van der Waals surface area contributed by atoms with Crippen molar-refractivity contribution in [2.45, 2.75) is 64.1 Å². The first-order valence-corrected chi connectivity index (χ1v) is 15.4. The second-order valence-corrected chi connectivity index (χ2v) is 12.5. The summed E-state index contributed by atoms with van der Waals surface area (Å²) in [5, 5.41) is 3.24. The number of carbonyl (C=O) groups excluding carboxylic acids is 2. The van der Waals surface area contributed by atoms with Gasteiger partial charge in [-0.2, -0.15) is 0 Å². The van der Waals surface area contributed by atoms with Crippen LogP contribution in [0.1, 0.15) is 51.0 Å². The second kappa shape index (κ2) is 13.3. The van der Waals surface area contributed by atoms with E-state index in [0.717, 1.165) is 42.7 Å². The van der Waals surface area contributed by atoms with E-state index in [1.54, 1.807) is 6.92 Å². The summed E-state index contributed by atoms with van der Waals surface area (Å²) in [6, 6.07) is 7.29. The first kappa shape index (κ1) is 30.5. The van der Waals surface area contributed by atoms with Crippen LogP contribution < -0.4 is 9.62 Å². The number of hydrogen-bond donors (Lipinski definition) is 1. The van der Waals surface area contributed by atoms with E-state index in [1.165, 1.54) is 41.3 Å². The van der Waals surface area contributed by atoms with Crippen LogP contribution in [0.25, 0.3) is 0 Å². The zero-order valence-corrected chi connectivity index (χ0v) is 24.3. The number of benzene rings is 2. The molecule has 2 aromatic rings. The van der Waals surface area contributed by atoms with Crippen LogP contribution in [0.4, 0.5) is 10.1 Å². The molecule has 1 aliphatic rings. The van der Waals surface area contributed by atoms with Crippen LogP contribution in [0.5, 0.6) is 0 Å². The van der Waals surface area contributed by atoms with Crippen molar-refractivity contribution in [3.05, 3.63) is 62.8 Å². The van der Waals surface area contributed by atoms with Crippen molar-refractivity contribution in [3.8, 4) is 0 Å². The van der Waals surface area contributed by atoms with Gasteiger partial charge in [-0.25, -0.2) is 12.8 Å². The molecule has 2 aromatic carbocycles. The monoisotopic (exact) mass is 605 g/mol. The normalized spacial score (nSPS) is 15.1. The lowest BCUT2D eigenvalue weighted by atomic mass is 9.95. The Kier molecular flexibility index (Phi) is 10.7. The van der Waals surface area contributed by atoms with Gasteiger partial charge >= 0.3 is 0 Å². The fourth-order valence-corrected chi connectivity index (χ4v) is 6.09. The molecule has 0 spiro atoms. The number of hydrogen-bond acceptors (Lipinski definition) is 4. The molecule has 1 saturated carbocycles. The van der Waals surface area contributed by atoms with E-state index in [4.69, 9.17) is 34.8 Å². The number of carbonyl (C=O) groups is 2. The molecule has 3 rings (SSSR count). The molecule has 208 valence electrons. The number of nitrogens with one attached hydrogen (secondary N) is 1. The smallest absolute Gasteiger partial charge is 0.244 e. The predicted molar refractivity (Wildman–Crippen MR) is 150 cm³/mol. The standard InChI is InChI=1S/C26H31Cl3FN3O4S/c1-3-23(26(35)31-19-7-5-4-6-8-19)32(15-17-9-11-18(30)12-10-17)25(34)16-33(38(2,36)37)24-14-21(28)20(27)13-22(24)29/h9-14,19,23H,3-8,15-16H2,1-2H3,(H,31,35)/t23-/m0/s1. The van der Waals surface area contributed by atoms with Gasteiger partial charge < -0.3 is 10.2 Å². The van der Waals surface area contributed by atoms with Gasteiger partial charge in [0.1, 0.15) is 18.4 Å². The Balaban J connectivity index is 1.95. The van der Waals surface area contributed by atoms with Gasteiger partial charge in [-0.15, -0.1) is 0 Å². The summed E-state index contributed by atoms with van der Waals surface area (Å²) >= 11 is 18.4. The number of nitrogens with zero attached hydrogens (tertiary/aromatic N) is 2. The Bertz CT molecular complexity index is 1260. The van der Waals surface area contributed by atoms with Gasteiger partial charge in [0.05, 0.1) is 27.0 Å². The van der Waals surface area contributed by atoms with Crippen molar-refractivity contribution in [2.75, 3.05) is 17.1 Å². The largest absolute Gasteiger partial charge is 0.352 e. The number of halogens is 4. The van der Waals surface area contributed by atoms with Crippen molar-refractivity contribution in [1.82, 2.24) is 10.2 Å². The van der Waals surface area contributed by atoms with Crippen LogP contribution in [0, 0.1) is 5.82 Å². The van der Waals surface area contributed by atoms with Crippen LogP contribution in [0.15, 0.2) is 36.4 Å². The van der Waals surface area contributed by atoms with Gasteiger partial charge in [0.25, 0.3) is 0 Å². The van der Waals surface area contributed by atoms with Gasteiger partial charge in [0.15, 0.2) is 0 Å². The molecule has 0 saturated heterocycles. The molecule has 0 aromatic heterocycles. The highest BCUT2D eigenvalue weighted by Gasteiger charge is 2.33. The zero-order valence-electron chi connectivity index (χ0n) is 21.2. The molecule has 7 nitrogen and oxygen atoms in total. The maximum atomic E-state index is 13.8. The molecular formula is C26H31Cl3FN3O4S. The Morgan fingerprint density at radius 3 is 2.21 bits per heavy atom. The molecule has 0 bridgehead atoms. The van der Waals surface area contributed by atoms with Crippen molar-refractivity contribution < 1.29 is 22.4 Å². The van der Waals surface area contributed by atoms with E-state index in [-0.39, 0.29) is 45.7 Å². The molecule has 1 fully saturated rings. The third-order valence-electron chi connectivity index (χ3n) is 6.54. The molecule has 1 atom stereocenters. The van der Waals surface area contributed by atoms with E-state index < -0.39 is 34.3 Å². The van der Waals surface area contributed by atoms with Crippen LogP contribution in [-0.4, -0.2) is 50.0 Å². The minimum absolute atomic E-state index is 0.00945. The molecule has 0 heterocycles. The SMILES string of the molecule is CC[C@@H](C(=O)NC1CCCCC1)N(Cc1ccc(F)cc1)C(=O)CN(c1cc(Cl)c(Cl)cc1Cl)S(C)(=O)=O. The topological polar surface area (TPSA) is 86.8 Å². The molecule has 2 amide bonds. The summed E-state index contributed by atoms with van der Waals surface area (Å²) in [6.45, 7) is 1.12.